The van der Waals surface area contributed by atoms with Gasteiger partial charge in [0.1, 0.15) is 11.6 Å². The Morgan fingerprint density at radius 3 is 3.05 bits per heavy atom. The summed E-state index contributed by atoms with van der Waals surface area (Å²) >= 11 is 4.85. The molecule has 1 aromatic rings. The number of ether oxygens (including phenoxy) is 1. The molecule has 0 fully saturated rings. The molecule has 0 radical (unpaired) electrons. The summed E-state index contributed by atoms with van der Waals surface area (Å²) in [5.41, 5.74) is 0.958. The topological polar surface area (TPSA) is 62.1 Å². The first kappa shape index (κ1) is 15.9. The molecular weight excluding hydrogens is 328 g/mol. The molecule has 0 unspecified atom stereocenters. The van der Waals surface area contributed by atoms with Gasteiger partial charge >= 0.3 is 0 Å². The van der Waals surface area contributed by atoms with E-state index in [4.69, 9.17) is 10.00 Å². The van der Waals surface area contributed by atoms with Gasteiger partial charge in [0.05, 0.1) is 3.79 Å². The highest BCUT2D eigenvalue weighted by Gasteiger charge is 2.08. The molecule has 1 amide bonds. The molecule has 1 heterocycles. The van der Waals surface area contributed by atoms with Crippen LogP contribution >= 0.6 is 27.3 Å². The van der Waals surface area contributed by atoms with E-state index >= 15 is 0 Å². The van der Waals surface area contributed by atoms with Gasteiger partial charge in [-0.05, 0) is 52.4 Å². The first-order valence-corrected chi connectivity index (χ1v) is 7.56. The van der Waals surface area contributed by atoms with Crippen LogP contribution in [0.4, 0.5) is 0 Å². The van der Waals surface area contributed by atoms with Crippen LogP contribution in [0, 0.1) is 11.3 Å². The van der Waals surface area contributed by atoms with Crippen molar-refractivity contribution in [3.05, 3.63) is 26.4 Å². The number of thiophene rings is 1. The van der Waals surface area contributed by atoms with E-state index in [1.54, 1.807) is 6.08 Å². The fourth-order valence-electron chi connectivity index (χ4n) is 1.33. The Labute approximate surface area is 125 Å². The highest BCUT2D eigenvalue weighted by molar-refractivity contribution is 9.11. The monoisotopic (exact) mass is 342 g/mol. The molecular formula is C13H15BrN2O2S. The summed E-state index contributed by atoms with van der Waals surface area (Å²) < 4.78 is 6.13. The SMILES string of the molecule is CCOCCCNC(=O)/C(C#N)=C/c1csc(Br)c1. The molecule has 0 spiro atoms. The molecule has 0 aliphatic carbocycles. The van der Waals surface area contributed by atoms with Crippen molar-refractivity contribution in [1.82, 2.24) is 5.32 Å². The highest BCUT2D eigenvalue weighted by atomic mass is 79.9. The molecule has 1 rings (SSSR count). The zero-order valence-electron chi connectivity index (χ0n) is 10.6. The second kappa shape index (κ2) is 8.86. The Kier molecular flexibility index (Phi) is 7.41. The van der Waals surface area contributed by atoms with Crippen LogP contribution in [0.5, 0.6) is 0 Å². The molecule has 0 bridgehead atoms. The van der Waals surface area contributed by atoms with Crippen LogP contribution in [0.2, 0.25) is 0 Å². The smallest absolute Gasteiger partial charge is 0.261 e. The molecule has 1 N–H and O–H groups in total. The third kappa shape index (κ3) is 6.01. The number of nitrogens with zero attached hydrogens (tertiary/aromatic N) is 1. The van der Waals surface area contributed by atoms with Crippen LogP contribution in [0.15, 0.2) is 20.8 Å². The number of carbonyl (C=O) groups excluding carboxylic acids is 1. The van der Waals surface area contributed by atoms with Gasteiger partial charge in [0, 0.05) is 19.8 Å². The van der Waals surface area contributed by atoms with E-state index in [-0.39, 0.29) is 11.5 Å². The van der Waals surface area contributed by atoms with Crippen molar-refractivity contribution >= 4 is 39.2 Å². The average Bonchev–Trinajstić information content (AvgIpc) is 2.81. The van der Waals surface area contributed by atoms with Gasteiger partial charge < -0.3 is 10.1 Å². The van der Waals surface area contributed by atoms with Crippen LogP contribution in [-0.4, -0.2) is 25.7 Å². The second-order valence-electron chi connectivity index (χ2n) is 3.66. The van der Waals surface area contributed by atoms with Gasteiger partial charge in [-0.2, -0.15) is 5.26 Å². The van der Waals surface area contributed by atoms with Crippen molar-refractivity contribution in [2.75, 3.05) is 19.8 Å². The summed E-state index contributed by atoms with van der Waals surface area (Å²) in [7, 11) is 0. The number of hydrogen-bond acceptors (Lipinski definition) is 4. The van der Waals surface area contributed by atoms with E-state index in [1.165, 1.54) is 11.3 Å². The number of nitrogens with one attached hydrogen (secondary N) is 1. The normalized spacial score (nSPS) is 11.1. The van der Waals surface area contributed by atoms with Gasteiger partial charge in [0.15, 0.2) is 0 Å². The van der Waals surface area contributed by atoms with E-state index in [0.29, 0.717) is 19.8 Å². The van der Waals surface area contributed by atoms with E-state index in [9.17, 15) is 4.79 Å². The summed E-state index contributed by atoms with van der Waals surface area (Å²) in [6, 6.07) is 3.78. The predicted molar refractivity (Wildman–Crippen MR) is 79.7 cm³/mol. The summed E-state index contributed by atoms with van der Waals surface area (Å²) in [5, 5.41) is 13.6. The van der Waals surface area contributed by atoms with Crippen molar-refractivity contribution in [3.63, 3.8) is 0 Å². The minimum Gasteiger partial charge on any atom is -0.382 e. The predicted octanol–water partition coefficient (Wildman–Crippen LogP) is 2.96. The molecule has 4 nitrogen and oxygen atoms in total. The first-order chi connectivity index (χ1) is 9.17. The second-order valence-corrected chi connectivity index (χ2v) is 5.95. The van der Waals surface area contributed by atoms with Crippen LogP contribution in [0.3, 0.4) is 0 Å². The van der Waals surface area contributed by atoms with Crippen LogP contribution in [0.1, 0.15) is 18.9 Å². The third-order valence-corrected chi connectivity index (χ3v) is 3.74. The standard InChI is InChI=1S/C13H15BrN2O2S/c1-2-18-5-3-4-16-13(17)11(8-15)6-10-7-12(14)19-9-10/h6-7,9H,2-5H2,1H3,(H,16,17)/b11-6+. The highest BCUT2D eigenvalue weighted by Crippen LogP contribution is 2.22. The molecule has 0 saturated heterocycles. The van der Waals surface area contributed by atoms with E-state index in [2.05, 4.69) is 21.2 Å². The Hall–Kier alpha value is -1.16. The largest absolute Gasteiger partial charge is 0.382 e. The zero-order valence-corrected chi connectivity index (χ0v) is 13.0. The fourth-order valence-corrected chi connectivity index (χ4v) is 2.46. The molecule has 0 aromatic carbocycles. The first-order valence-electron chi connectivity index (χ1n) is 5.89. The van der Waals surface area contributed by atoms with Crippen molar-refractivity contribution in [2.45, 2.75) is 13.3 Å². The molecule has 0 aliphatic rings. The summed E-state index contributed by atoms with van der Waals surface area (Å²) in [5.74, 6) is -0.346. The Morgan fingerprint density at radius 1 is 1.68 bits per heavy atom. The number of halogens is 1. The number of nitriles is 1. The van der Waals surface area contributed by atoms with Crippen LogP contribution < -0.4 is 5.32 Å². The zero-order chi connectivity index (χ0) is 14.1. The lowest BCUT2D eigenvalue weighted by atomic mass is 10.2. The maximum Gasteiger partial charge on any atom is 0.261 e. The van der Waals surface area contributed by atoms with Gasteiger partial charge in [-0.3, -0.25) is 4.79 Å². The minimum atomic E-state index is -0.346. The van der Waals surface area contributed by atoms with Crippen molar-refractivity contribution < 1.29 is 9.53 Å². The summed E-state index contributed by atoms with van der Waals surface area (Å²) in [4.78, 5) is 11.8. The summed E-state index contributed by atoms with van der Waals surface area (Å²) in [6.07, 6.45) is 2.32. The molecule has 19 heavy (non-hydrogen) atoms. The van der Waals surface area contributed by atoms with E-state index < -0.39 is 0 Å². The molecule has 0 aliphatic heterocycles. The van der Waals surface area contributed by atoms with Gasteiger partial charge in [0.2, 0.25) is 0 Å². The number of rotatable bonds is 7. The minimum absolute atomic E-state index is 0.113. The van der Waals surface area contributed by atoms with E-state index in [1.807, 2.05) is 24.4 Å². The van der Waals surface area contributed by atoms with Crippen molar-refractivity contribution in [1.29, 1.82) is 5.26 Å². The van der Waals surface area contributed by atoms with Crippen molar-refractivity contribution in [2.24, 2.45) is 0 Å². The maximum atomic E-state index is 11.8. The Morgan fingerprint density at radius 2 is 2.47 bits per heavy atom. The van der Waals surface area contributed by atoms with Crippen LogP contribution in [-0.2, 0) is 9.53 Å². The third-order valence-electron chi connectivity index (χ3n) is 2.22. The molecule has 0 atom stereocenters. The fraction of sp³-hybridized carbons (Fsp3) is 0.385. The molecule has 1 aromatic heterocycles. The quantitative estimate of drug-likeness (QED) is 0.470. The van der Waals surface area contributed by atoms with Crippen molar-refractivity contribution in [3.8, 4) is 6.07 Å². The lowest BCUT2D eigenvalue weighted by Crippen LogP contribution is -2.26. The lowest BCUT2D eigenvalue weighted by Gasteiger charge is -2.04. The maximum absolute atomic E-state index is 11.8. The molecule has 6 heteroatoms. The van der Waals surface area contributed by atoms with Crippen LogP contribution in [0.25, 0.3) is 6.08 Å². The molecule has 102 valence electrons. The van der Waals surface area contributed by atoms with E-state index in [0.717, 1.165) is 15.8 Å². The number of hydrogen-bond donors (Lipinski definition) is 1. The Bertz CT molecular complexity index is 491. The number of amides is 1. The molecule has 0 saturated carbocycles. The average molecular weight is 343 g/mol. The Balaban J connectivity index is 2.49. The lowest BCUT2D eigenvalue weighted by molar-refractivity contribution is -0.117. The van der Waals surface area contributed by atoms with Gasteiger partial charge in [-0.1, -0.05) is 0 Å². The summed E-state index contributed by atoms with van der Waals surface area (Å²) in [6.45, 7) is 3.71. The number of carbonyl (C=O) groups is 1. The van der Waals surface area contributed by atoms with Gasteiger partial charge in [-0.15, -0.1) is 11.3 Å². The van der Waals surface area contributed by atoms with Gasteiger partial charge in [-0.25, -0.2) is 0 Å². The van der Waals surface area contributed by atoms with Gasteiger partial charge in [0.25, 0.3) is 5.91 Å².